The number of thioether (sulfide) groups is 1. The van der Waals surface area contributed by atoms with Gasteiger partial charge in [-0.25, -0.2) is 0 Å². The molecule has 4 nitrogen and oxygen atoms in total. The van der Waals surface area contributed by atoms with Crippen LogP contribution >= 0.6 is 11.8 Å². The number of nitrogens with one attached hydrogen (secondary N) is 1. The second-order valence-electron chi connectivity index (χ2n) is 6.34. The average Bonchev–Trinajstić information content (AvgIpc) is 2.93. The lowest BCUT2D eigenvalue weighted by Crippen LogP contribution is -2.40. The van der Waals surface area contributed by atoms with E-state index in [9.17, 15) is 9.59 Å². The third-order valence-electron chi connectivity index (χ3n) is 4.68. The van der Waals surface area contributed by atoms with Crippen molar-refractivity contribution in [3.63, 3.8) is 0 Å². The fourth-order valence-electron chi connectivity index (χ4n) is 3.37. The van der Waals surface area contributed by atoms with Gasteiger partial charge in [-0.3, -0.25) is 9.59 Å². The minimum Gasteiger partial charge on any atom is -0.481 e. The van der Waals surface area contributed by atoms with Crippen LogP contribution in [-0.2, 0) is 9.59 Å². The lowest BCUT2D eigenvalue weighted by atomic mass is 9.94. The quantitative estimate of drug-likeness (QED) is 0.830. The first-order valence-electron chi connectivity index (χ1n) is 6.94. The monoisotopic (exact) mass is 285 g/mol. The molecule has 2 fully saturated rings. The van der Waals surface area contributed by atoms with Crippen molar-refractivity contribution in [2.45, 2.75) is 50.8 Å². The van der Waals surface area contributed by atoms with Gasteiger partial charge >= 0.3 is 5.97 Å². The molecule has 2 saturated carbocycles. The van der Waals surface area contributed by atoms with Gasteiger partial charge in [0.25, 0.3) is 0 Å². The Labute approximate surface area is 118 Å². The number of hydrogen-bond donors (Lipinski definition) is 2. The van der Waals surface area contributed by atoms with Crippen LogP contribution in [0.4, 0.5) is 0 Å². The Bertz CT molecular complexity index is 383. The number of carbonyl (C=O) groups excluding carboxylic acids is 1. The van der Waals surface area contributed by atoms with E-state index in [2.05, 4.69) is 11.6 Å². The molecule has 19 heavy (non-hydrogen) atoms. The first kappa shape index (κ1) is 14.7. The van der Waals surface area contributed by atoms with E-state index >= 15 is 0 Å². The Kier molecular flexibility index (Phi) is 4.14. The second-order valence-corrected chi connectivity index (χ2v) is 7.48. The summed E-state index contributed by atoms with van der Waals surface area (Å²) in [4.78, 5) is 23.3. The van der Waals surface area contributed by atoms with Gasteiger partial charge in [-0.2, -0.15) is 11.8 Å². The predicted molar refractivity (Wildman–Crippen MR) is 76.1 cm³/mol. The number of carboxylic acid groups (broad SMARTS) is 1. The van der Waals surface area contributed by atoms with Crippen LogP contribution in [0.3, 0.4) is 0 Å². The lowest BCUT2D eigenvalue weighted by Gasteiger charge is -2.28. The Morgan fingerprint density at radius 3 is 2.47 bits per heavy atom. The summed E-state index contributed by atoms with van der Waals surface area (Å²) in [5.41, 5.74) is -0.399. The van der Waals surface area contributed by atoms with E-state index in [1.807, 2.05) is 25.6 Å². The Morgan fingerprint density at radius 2 is 1.95 bits per heavy atom. The van der Waals surface area contributed by atoms with Crippen molar-refractivity contribution in [3.8, 4) is 0 Å². The summed E-state index contributed by atoms with van der Waals surface area (Å²) in [5.74, 6) is -1.80. The minimum atomic E-state index is -0.851. The molecular formula is C14H23NO3S. The highest BCUT2D eigenvalue weighted by Crippen LogP contribution is 2.58. The average molecular weight is 285 g/mol. The molecule has 0 spiro atoms. The molecule has 0 aromatic carbocycles. The summed E-state index contributed by atoms with van der Waals surface area (Å²) in [5, 5.41) is 12.8. The number of aliphatic carboxylic acids is 1. The number of amides is 1. The standard InChI is InChI=1S/C14H23NO3S/c1-14(2)10(11(14)13(17)18)12(16)15-8-5-4-6-9(7-8)19-3/h8-11H,4-7H2,1-3H3,(H,15,16)(H,17,18)/t8?,9?,10-,11+/m0/s1. The molecular weight excluding hydrogens is 262 g/mol. The van der Waals surface area contributed by atoms with Gasteiger partial charge in [0.2, 0.25) is 5.91 Å². The summed E-state index contributed by atoms with van der Waals surface area (Å²) in [6.45, 7) is 3.73. The molecule has 0 heterocycles. The molecule has 0 aromatic heterocycles. The van der Waals surface area contributed by atoms with Crippen LogP contribution < -0.4 is 5.32 Å². The first-order chi connectivity index (χ1) is 8.87. The van der Waals surface area contributed by atoms with Crippen LogP contribution in [0.25, 0.3) is 0 Å². The highest BCUT2D eigenvalue weighted by molar-refractivity contribution is 7.99. The molecule has 4 atom stereocenters. The summed E-state index contributed by atoms with van der Waals surface area (Å²) >= 11 is 1.86. The van der Waals surface area contributed by atoms with E-state index in [4.69, 9.17) is 5.11 Å². The predicted octanol–water partition coefficient (Wildman–Crippen LogP) is 2.13. The number of rotatable bonds is 4. The van der Waals surface area contributed by atoms with E-state index in [1.165, 1.54) is 6.42 Å². The molecule has 2 aliphatic carbocycles. The van der Waals surface area contributed by atoms with Gasteiger partial charge in [0.05, 0.1) is 11.8 Å². The normalized spacial score (nSPS) is 36.6. The fourth-order valence-corrected chi connectivity index (χ4v) is 4.20. The maximum Gasteiger partial charge on any atom is 0.307 e. The molecule has 2 N–H and O–H groups in total. The maximum atomic E-state index is 12.2. The lowest BCUT2D eigenvalue weighted by molar-refractivity contribution is -0.140. The van der Waals surface area contributed by atoms with Gasteiger partial charge in [-0.1, -0.05) is 20.3 Å². The van der Waals surface area contributed by atoms with E-state index in [1.54, 1.807) is 0 Å². The number of carboxylic acids is 1. The largest absolute Gasteiger partial charge is 0.481 e. The molecule has 0 saturated heterocycles. The molecule has 0 radical (unpaired) electrons. The van der Waals surface area contributed by atoms with Crippen molar-refractivity contribution >= 4 is 23.6 Å². The molecule has 5 heteroatoms. The van der Waals surface area contributed by atoms with Crippen LogP contribution in [0.1, 0.15) is 39.5 Å². The maximum absolute atomic E-state index is 12.2. The zero-order chi connectivity index (χ0) is 14.2. The van der Waals surface area contributed by atoms with Gasteiger partial charge in [-0.05, 0) is 30.9 Å². The molecule has 108 valence electrons. The first-order valence-corrected chi connectivity index (χ1v) is 8.22. The molecule has 0 aliphatic heterocycles. The van der Waals surface area contributed by atoms with Crippen molar-refractivity contribution in [2.75, 3.05) is 6.26 Å². The van der Waals surface area contributed by atoms with E-state index in [0.29, 0.717) is 5.25 Å². The summed E-state index contributed by atoms with van der Waals surface area (Å²) in [7, 11) is 0. The fraction of sp³-hybridized carbons (Fsp3) is 0.857. The molecule has 2 rings (SSSR count). The SMILES string of the molecule is CSC1CCCC(NC(=O)[C@@H]2[C@H](C(=O)O)C2(C)C)C1. The third kappa shape index (κ3) is 2.91. The summed E-state index contributed by atoms with van der Waals surface area (Å²) in [6, 6.07) is 0.226. The number of hydrogen-bond acceptors (Lipinski definition) is 3. The molecule has 0 aromatic rings. The van der Waals surface area contributed by atoms with Crippen molar-refractivity contribution in [1.82, 2.24) is 5.32 Å². The van der Waals surface area contributed by atoms with E-state index in [-0.39, 0.29) is 17.9 Å². The molecule has 0 bridgehead atoms. The van der Waals surface area contributed by atoms with Crippen LogP contribution in [0.5, 0.6) is 0 Å². The van der Waals surface area contributed by atoms with Crippen molar-refractivity contribution in [3.05, 3.63) is 0 Å². The Morgan fingerprint density at radius 1 is 1.26 bits per heavy atom. The summed E-state index contributed by atoms with van der Waals surface area (Å²) < 4.78 is 0. The van der Waals surface area contributed by atoms with Crippen molar-refractivity contribution in [2.24, 2.45) is 17.3 Å². The topological polar surface area (TPSA) is 66.4 Å². The molecule has 1 amide bonds. The minimum absolute atomic E-state index is 0.0656. The van der Waals surface area contributed by atoms with Gasteiger partial charge in [-0.15, -0.1) is 0 Å². The second kappa shape index (κ2) is 5.35. The van der Waals surface area contributed by atoms with Gasteiger partial charge in [0.15, 0.2) is 0 Å². The van der Waals surface area contributed by atoms with Gasteiger partial charge < -0.3 is 10.4 Å². The Hall–Kier alpha value is -0.710. The zero-order valence-electron chi connectivity index (χ0n) is 11.8. The number of carbonyl (C=O) groups is 2. The van der Waals surface area contributed by atoms with Gasteiger partial charge in [0, 0.05) is 11.3 Å². The summed E-state index contributed by atoms with van der Waals surface area (Å²) in [6.07, 6.45) is 6.51. The van der Waals surface area contributed by atoms with Crippen LogP contribution in [0.2, 0.25) is 0 Å². The molecule has 2 unspecified atom stereocenters. The highest BCUT2D eigenvalue weighted by atomic mass is 32.2. The van der Waals surface area contributed by atoms with Crippen LogP contribution in [0.15, 0.2) is 0 Å². The zero-order valence-corrected chi connectivity index (χ0v) is 12.6. The van der Waals surface area contributed by atoms with Gasteiger partial charge in [0.1, 0.15) is 0 Å². The highest BCUT2D eigenvalue weighted by Gasteiger charge is 2.66. The Balaban J connectivity index is 1.90. The van der Waals surface area contributed by atoms with E-state index in [0.717, 1.165) is 19.3 Å². The molecule has 2 aliphatic rings. The smallest absolute Gasteiger partial charge is 0.307 e. The van der Waals surface area contributed by atoms with Crippen LogP contribution in [-0.4, -0.2) is 34.5 Å². The van der Waals surface area contributed by atoms with Crippen molar-refractivity contribution < 1.29 is 14.7 Å². The third-order valence-corrected chi connectivity index (χ3v) is 5.78. The van der Waals surface area contributed by atoms with Crippen LogP contribution in [0, 0.1) is 17.3 Å². The van der Waals surface area contributed by atoms with Crippen molar-refractivity contribution in [1.29, 1.82) is 0 Å². The van der Waals surface area contributed by atoms with E-state index < -0.39 is 17.3 Å².